The SMILES string of the molecule is CCCC[C@H](c1ccc(N(CC)CC)cc1)N1CCNCC1.Cl.Cl. The molecule has 0 aliphatic carbocycles. The number of hydrogen-bond acceptors (Lipinski definition) is 3. The van der Waals surface area contributed by atoms with Gasteiger partial charge in [0.2, 0.25) is 0 Å². The molecule has 140 valence electrons. The third-order valence-electron chi connectivity index (χ3n) is 4.83. The fraction of sp³-hybridized carbons (Fsp3) is 0.684. The van der Waals surface area contributed by atoms with Gasteiger partial charge in [0.1, 0.15) is 0 Å². The van der Waals surface area contributed by atoms with Crippen molar-refractivity contribution in [3.05, 3.63) is 29.8 Å². The Hall–Kier alpha value is -0.480. The van der Waals surface area contributed by atoms with Crippen molar-refractivity contribution in [1.29, 1.82) is 0 Å². The first-order chi connectivity index (χ1) is 10.8. The van der Waals surface area contributed by atoms with Crippen molar-refractivity contribution in [3.8, 4) is 0 Å². The average Bonchev–Trinajstić information content (AvgIpc) is 2.58. The van der Waals surface area contributed by atoms with Gasteiger partial charge in [-0.05, 0) is 38.0 Å². The summed E-state index contributed by atoms with van der Waals surface area (Å²) in [5.74, 6) is 0. The van der Waals surface area contributed by atoms with Crippen LogP contribution < -0.4 is 10.2 Å². The zero-order chi connectivity index (χ0) is 15.8. The van der Waals surface area contributed by atoms with Gasteiger partial charge < -0.3 is 10.2 Å². The van der Waals surface area contributed by atoms with E-state index in [1.54, 1.807) is 0 Å². The van der Waals surface area contributed by atoms with Gasteiger partial charge in [-0.1, -0.05) is 31.9 Å². The fourth-order valence-corrected chi connectivity index (χ4v) is 3.45. The zero-order valence-electron chi connectivity index (χ0n) is 15.5. The Kier molecular flexibility index (Phi) is 12.6. The maximum atomic E-state index is 3.47. The maximum absolute atomic E-state index is 3.47. The van der Waals surface area contributed by atoms with Crippen LogP contribution in [-0.4, -0.2) is 44.2 Å². The van der Waals surface area contributed by atoms with Crippen LogP contribution in [0.25, 0.3) is 0 Å². The van der Waals surface area contributed by atoms with Crippen LogP contribution in [0, 0.1) is 0 Å². The topological polar surface area (TPSA) is 18.5 Å². The molecule has 1 aromatic carbocycles. The molecule has 0 saturated carbocycles. The molecule has 1 N–H and O–H groups in total. The van der Waals surface area contributed by atoms with E-state index in [0.29, 0.717) is 6.04 Å². The van der Waals surface area contributed by atoms with Gasteiger partial charge in [0, 0.05) is 51.0 Å². The predicted molar refractivity (Wildman–Crippen MR) is 111 cm³/mol. The summed E-state index contributed by atoms with van der Waals surface area (Å²) in [6, 6.07) is 9.92. The summed E-state index contributed by atoms with van der Waals surface area (Å²) in [4.78, 5) is 5.08. The summed E-state index contributed by atoms with van der Waals surface area (Å²) in [6.45, 7) is 13.5. The average molecular weight is 376 g/mol. The molecule has 2 rings (SSSR count). The number of nitrogens with zero attached hydrogens (tertiary/aromatic N) is 2. The highest BCUT2D eigenvalue weighted by Crippen LogP contribution is 2.28. The van der Waals surface area contributed by atoms with E-state index >= 15 is 0 Å². The Morgan fingerprint density at radius 1 is 1.00 bits per heavy atom. The van der Waals surface area contributed by atoms with Crippen molar-refractivity contribution in [2.45, 2.75) is 46.1 Å². The van der Waals surface area contributed by atoms with E-state index in [4.69, 9.17) is 0 Å². The lowest BCUT2D eigenvalue weighted by atomic mass is 9.98. The molecule has 1 atom stereocenters. The van der Waals surface area contributed by atoms with Gasteiger partial charge in [0.05, 0.1) is 0 Å². The monoisotopic (exact) mass is 375 g/mol. The van der Waals surface area contributed by atoms with Gasteiger partial charge in [-0.2, -0.15) is 0 Å². The van der Waals surface area contributed by atoms with Crippen LogP contribution >= 0.6 is 24.8 Å². The molecule has 1 aliphatic rings. The van der Waals surface area contributed by atoms with Gasteiger partial charge >= 0.3 is 0 Å². The molecule has 0 aromatic heterocycles. The minimum absolute atomic E-state index is 0. The van der Waals surface area contributed by atoms with E-state index in [9.17, 15) is 0 Å². The molecule has 0 radical (unpaired) electrons. The lowest BCUT2D eigenvalue weighted by Crippen LogP contribution is -2.45. The van der Waals surface area contributed by atoms with Crippen molar-refractivity contribution < 1.29 is 0 Å². The first kappa shape index (κ1) is 23.5. The molecule has 0 amide bonds. The molecular weight excluding hydrogens is 341 g/mol. The van der Waals surface area contributed by atoms with Gasteiger partial charge in [-0.3, -0.25) is 4.90 Å². The van der Waals surface area contributed by atoms with Gasteiger partial charge in [-0.25, -0.2) is 0 Å². The number of rotatable bonds is 8. The van der Waals surface area contributed by atoms with Crippen LogP contribution in [0.3, 0.4) is 0 Å². The largest absolute Gasteiger partial charge is 0.372 e. The molecule has 5 heteroatoms. The smallest absolute Gasteiger partial charge is 0.0366 e. The van der Waals surface area contributed by atoms with Crippen molar-refractivity contribution in [2.75, 3.05) is 44.2 Å². The Labute approximate surface area is 161 Å². The second kappa shape index (κ2) is 12.8. The van der Waals surface area contributed by atoms with E-state index < -0.39 is 0 Å². The minimum Gasteiger partial charge on any atom is -0.372 e. The third-order valence-corrected chi connectivity index (χ3v) is 4.83. The molecule has 0 unspecified atom stereocenters. The highest BCUT2D eigenvalue weighted by atomic mass is 35.5. The van der Waals surface area contributed by atoms with Crippen LogP contribution in [-0.2, 0) is 0 Å². The van der Waals surface area contributed by atoms with Crippen LogP contribution in [0.5, 0.6) is 0 Å². The van der Waals surface area contributed by atoms with Crippen LogP contribution in [0.1, 0.15) is 51.6 Å². The van der Waals surface area contributed by atoms with E-state index in [1.807, 2.05) is 0 Å². The van der Waals surface area contributed by atoms with Crippen LogP contribution in [0.15, 0.2) is 24.3 Å². The number of piperazine rings is 1. The summed E-state index contributed by atoms with van der Waals surface area (Å²) in [5, 5.41) is 3.47. The number of unbranched alkanes of at least 4 members (excludes halogenated alkanes) is 1. The van der Waals surface area contributed by atoms with E-state index in [2.05, 4.69) is 60.2 Å². The highest BCUT2D eigenvalue weighted by Gasteiger charge is 2.21. The van der Waals surface area contributed by atoms with E-state index in [-0.39, 0.29) is 24.8 Å². The molecule has 0 spiro atoms. The Morgan fingerprint density at radius 2 is 1.58 bits per heavy atom. The van der Waals surface area contributed by atoms with Crippen molar-refractivity contribution >= 4 is 30.5 Å². The summed E-state index contributed by atoms with van der Waals surface area (Å²) in [6.07, 6.45) is 3.87. The molecule has 1 aliphatic heterocycles. The number of anilines is 1. The lowest BCUT2D eigenvalue weighted by Gasteiger charge is -2.35. The highest BCUT2D eigenvalue weighted by molar-refractivity contribution is 5.85. The second-order valence-electron chi connectivity index (χ2n) is 6.21. The van der Waals surface area contributed by atoms with Gasteiger partial charge in [-0.15, -0.1) is 24.8 Å². The van der Waals surface area contributed by atoms with E-state index in [1.165, 1.54) is 43.6 Å². The minimum atomic E-state index is 0. The van der Waals surface area contributed by atoms with Crippen molar-refractivity contribution in [3.63, 3.8) is 0 Å². The first-order valence-corrected chi connectivity index (χ1v) is 9.09. The lowest BCUT2D eigenvalue weighted by molar-refractivity contribution is 0.163. The summed E-state index contributed by atoms with van der Waals surface area (Å²) in [5.41, 5.74) is 2.84. The number of halogens is 2. The Balaban J connectivity index is 0.00000264. The van der Waals surface area contributed by atoms with Crippen molar-refractivity contribution in [1.82, 2.24) is 10.2 Å². The Morgan fingerprint density at radius 3 is 2.08 bits per heavy atom. The molecular formula is C19H35Cl2N3. The van der Waals surface area contributed by atoms with Crippen LogP contribution in [0.2, 0.25) is 0 Å². The fourth-order valence-electron chi connectivity index (χ4n) is 3.45. The molecule has 1 aromatic rings. The predicted octanol–water partition coefficient (Wildman–Crippen LogP) is 4.51. The van der Waals surface area contributed by atoms with Crippen LogP contribution in [0.4, 0.5) is 5.69 Å². The summed E-state index contributed by atoms with van der Waals surface area (Å²) < 4.78 is 0. The first-order valence-electron chi connectivity index (χ1n) is 9.09. The molecule has 1 fully saturated rings. The maximum Gasteiger partial charge on any atom is 0.0366 e. The standard InChI is InChI=1S/C19H33N3.2ClH/c1-4-7-8-19(22-15-13-20-14-16-22)17-9-11-18(12-10-17)21(5-2)6-3;;/h9-12,19-20H,4-8,13-16H2,1-3H3;2*1H/t19-;;/m1../s1. The Bertz CT molecular complexity index is 415. The second-order valence-corrected chi connectivity index (χ2v) is 6.21. The third kappa shape index (κ3) is 6.44. The van der Waals surface area contributed by atoms with Gasteiger partial charge in [0.25, 0.3) is 0 Å². The van der Waals surface area contributed by atoms with Gasteiger partial charge in [0.15, 0.2) is 0 Å². The molecule has 0 bridgehead atoms. The number of nitrogens with one attached hydrogen (secondary N) is 1. The summed E-state index contributed by atoms with van der Waals surface area (Å²) in [7, 11) is 0. The zero-order valence-corrected chi connectivity index (χ0v) is 17.1. The molecule has 1 heterocycles. The number of benzene rings is 1. The molecule has 3 nitrogen and oxygen atoms in total. The van der Waals surface area contributed by atoms with Crippen molar-refractivity contribution in [2.24, 2.45) is 0 Å². The molecule has 24 heavy (non-hydrogen) atoms. The number of hydrogen-bond donors (Lipinski definition) is 1. The van der Waals surface area contributed by atoms with E-state index in [0.717, 1.165) is 26.2 Å². The summed E-state index contributed by atoms with van der Waals surface area (Å²) >= 11 is 0. The quantitative estimate of drug-likeness (QED) is 0.720. The molecule has 1 saturated heterocycles. The normalized spacial score (nSPS) is 16.0.